The van der Waals surface area contributed by atoms with E-state index in [0.717, 1.165) is 23.3 Å². The average Bonchev–Trinajstić information content (AvgIpc) is 3.14. The Hall–Kier alpha value is -1.86. The lowest BCUT2D eigenvalue weighted by atomic mass is 10.2. The molecule has 0 N–H and O–H groups in total. The van der Waals surface area contributed by atoms with E-state index in [1.165, 1.54) is 0 Å². The van der Waals surface area contributed by atoms with Gasteiger partial charge in [-0.05, 0) is 23.9 Å². The lowest BCUT2D eigenvalue weighted by molar-refractivity contribution is -0.129. The fourth-order valence-corrected chi connectivity index (χ4v) is 4.85. The summed E-state index contributed by atoms with van der Waals surface area (Å²) in [6, 6.07) is 11.4. The molecule has 0 spiro atoms. The normalized spacial score (nSPS) is 11.3. The number of benzene rings is 1. The number of thiophene rings is 1. The first-order valence-corrected chi connectivity index (χ1v) is 11.8. The van der Waals surface area contributed by atoms with E-state index in [2.05, 4.69) is 0 Å². The first-order chi connectivity index (χ1) is 12.9. The van der Waals surface area contributed by atoms with Gasteiger partial charge < -0.3 is 9.64 Å². The molecule has 2 aromatic rings. The second-order valence-electron chi connectivity index (χ2n) is 6.44. The molecule has 1 heterocycles. The predicted molar refractivity (Wildman–Crippen MR) is 110 cm³/mol. The second-order valence-corrected chi connectivity index (χ2v) is 9.66. The Morgan fingerprint density at radius 1 is 1.11 bits per heavy atom. The van der Waals surface area contributed by atoms with Gasteiger partial charge in [0.15, 0.2) is 9.84 Å². The topological polar surface area (TPSA) is 63.7 Å². The molecule has 0 aliphatic heterocycles. The van der Waals surface area contributed by atoms with E-state index >= 15 is 0 Å². The van der Waals surface area contributed by atoms with Crippen LogP contribution in [0.3, 0.4) is 0 Å². The van der Waals surface area contributed by atoms with Gasteiger partial charge >= 0.3 is 0 Å². The molecule has 148 valence electrons. The molecule has 0 saturated carbocycles. The van der Waals surface area contributed by atoms with Crippen molar-refractivity contribution in [2.45, 2.75) is 39.3 Å². The maximum atomic E-state index is 12.8. The minimum Gasteiger partial charge on any atom is -0.496 e. The highest BCUT2D eigenvalue weighted by atomic mass is 32.2. The Labute approximate surface area is 165 Å². The zero-order chi connectivity index (χ0) is 19.7. The van der Waals surface area contributed by atoms with Crippen molar-refractivity contribution >= 4 is 27.1 Å². The van der Waals surface area contributed by atoms with Crippen molar-refractivity contribution in [2.75, 3.05) is 18.6 Å². The Kier molecular flexibility index (Phi) is 8.31. The minimum atomic E-state index is -3.40. The summed E-state index contributed by atoms with van der Waals surface area (Å²) in [4.78, 5) is 15.4. The third-order valence-electron chi connectivity index (χ3n) is 4.24. The number of nitrogens with zero attached hydrogens (tertiary/aromatic N) is 1. The quantitative estimate of drug-likeness (QED) is 0.528. The molecule has 1 aromatic carbocycles. The van der Waals surface area contributed by atoms with Crippen molar-refractivity contribution in [1.82, 2.24) is 4.90 Å². The molecule has 7 heteroatoms. The first-order valence-electron chi connectivity index (χ1n) is 9.07. The van der Waals surface area contributed by atoms with Crippen molar-refractivity contribution in [3.05, 3.63) is 52.2 Å². The van der Waals surface area contributed by atoms with Crippen LogP contribution in [0.5, 0.6) is 5.75 Å². The molecule has 2 rings (SSSR count). The highest BCUT2D eigenvalue weighted by Gasteiger charge is 2.23. The van der Waals surface area contributed by atoms with Crippen LogP contribution in [0.1, 0.15) is 36.6 Å². The van der Waals surface area contributed by atoms with Crippen molar-refractivity contribution in [3.63, 3.8) is 0 Å². The van der Waals surface area contributed by atoms with Gasteiger partial charge in [0.1, 0.15) is 11.5 Å². The van der Waals surface area contributed by atoms with Crippen LogP contribution in [0.2, 0.25) is 0 Å². The van der Waals surface area contributed by atoms with E-state index in [1.54, 1.807) is 23.3 Å². The van der Waals surface area contributed by atoms with Gasteiger partial charge in [0.2, 0.25) is 5.91 Å². The van der Waals surface area contributed by atoms with Crippen LogP contribution in [0, 0.1) is 0 Å². The number of para-hydroxylation sites is 1. The molecule has 0 atom stereocenters. The van der Waals surface area contributed by atoms with E-state index in [0.29, 0.717) is 25.3 Å². The SMILES string of the molecule is CCCCCS(=O)(=O)CC(=O)N(Cc1cccs1)Cc1ccccc1OC. The van der Waals surface area contributed by atoms with Crippen LogP contribution in [0.25, 0.3) is 0 Å². The summed E-state index contributed by atoms with van der Waals surface area (Å²) < 4.78 is 30.0. The maximum absolute atomic E-state index is 12.8. The molecule has 0 aliphatic carbocycles. The summed E-state index contributed by atoms with van der Waals surface area (Å²) >= 11 is 1.55. The zero-order valence-corrected chi connectivity index (χ0v) is 17.5. The average molecular weight is 410 g/mol. The smallest absolute Gasteiger partial charge is 0.238 e. The van der Waals surface area contributed by atoms with E-state index in [4.69, 9.17) is 4.74 Å². The van der Waals surface area contributed by atoms with Gasteiger partial charge in [-0.25, -0.2) is 8.42 Å². The number of ether oxygens (including phenoxy) is 1. The fourth-order valence-electron chi connectivity index (χ4n) is 2.79. The van der Waals surface area contributed by atoms with Crippen LogP contribution >= 0.6 is 11.3 Å². The number of hydrogen-bond donors (Lipinski definition) is 0. The van der Waals surface area contributed by atoms with Gasteiger partial charge in [-0.15, -0.1) is 11.3 Å². The number of methoxy groups -OCH3 is 1. The van der Waals surface area contributed by atoms with Crippen LogP contribution < -0.4 is 4.74 Å². The summed E-state index contributed by atoms with van der Waals surface area (Å²) in [7, 11) is -1.82. The Balaban J connectivity index is 2.15. The lowest BCUT2D eigenvalue weighted by Crippen LogP contribution is -2.35. The Morgan fingerprint density at radius 2 is 1.89 bits per heavy atom. The molecule has 27 heavy (non-hydrogen) atoms. The fraction of sp³-hybridized carbons (Fsp3) is 0.450. The van der Waals surface area contributed by atoms with Gasteiger partial charge in [-0.2, -0.15) is 0 Å². The van der Waals surface area contributed by atoms with Crippen LogP contribution in [-0.2, 0) is 27.7 Å². The summed E-state index contributed by atoms with van der Waals surface area (Å²) in [5, 5.41) is 1.95. The van der Waals surface area contributed by atoms with E-state index in [-0.39, 0.29) is 11.7 Å². The number of rotatable bonds is 11. The largest absolute Gasteiger partial charge is 0.496 e. The molecule has 0 saturated heterocycles. The highest BCUT2D eigenvalue weighted by molar-refractivity contribution is 7.92. The third-order valence-corrected chi connectivity index (χ3v) is 6.69. The molecule has 1 amide bonds. The molecule has 0 aliphatic rings. The first kappa shape index (κ1) is 21.4. The summed E-state index contributed by atoms with van der Waals surface area (Å²) in [6.07, 6.45) is 2.40. The van der Waals surface area contributed by atoms with Crippen molar-refractivity contribution in [1.29, 1.82) is 0 Å². The Morgan fingerprint density at radius 3 is 2.56 bits per heavy atom. The van der Waals surface area contributed by atoms with Crippen molar-refractivity contribution in [3.8, 4) is 5.75 Å². The van der Waals surface area contributed by atoms with Gasteiger partial charge in [0.05, 0.1) is 19.4 Å². The van der Waals surface area contributed by atoms with E-state index in [1.807, 2.05) is 48.7 Å². The van der Waals surface area contributed by atoms with Crippen LogP contribution in [-0.4, -0.2) is 37.8 Å². The number of carbonyl (C=O) groups is 1. The number of hydrogen-bond acceptors (Lipinski definition) is 5. The van der Waals surface area contributed by atoms with Crippen LogP contribution in [0.15, 0.2) is 41.8 Å². The zero-order valence-electron chi connectivity index (χ0n) is 15.9. The summed E-state index contributed by atoms with van der Waals surface area (Å²) in [6.45, 7) is 2.72. The maximum Gasteiger partial charge on any atom is 0.238 e. The lowest BCUT2D eigenvalue weighted by Gasteiger charge is -2.23. The number of carbonyl (C=O) groups excluding carboxylic acids is 1. The highest BCUT2D eigenvalue weighted by Crippen LogP contribution is 2.22. The van der Waals surface area contributed by atoms with Gasteiger partial charge in [0, 0.05) is 17.0 Å². The summed E-state index contributed by atoms with van der Waals surface area (Å²) in [5.41, 5.74) is 0.855. The number of unbranched alkanes of at least 4 members (excludes halogenated alkanes) is 2. The molecule has 0 bridgehead atoms. The van der Waals surface area contributed by atoms with E-state index in [9.17, 15) is 13.2 Å². The van der Waals surface area contributed by atoms with Crippen molar-refractivity contribution in [2.24, 2.45) is 0 Å². The summed E-state index contributed by atoms with van der Waals surface area (Å²) in [5.74, 6) is -0.0659. The molecule has 1 aromatic heterocycles. The second kappa shape index (κ2) is 10.5. The molecular formula is C20H27NO4S2. The molecular weight excluding hydrogens is 382 g/mol. The molecule has 0 fully saturated rings. The predicted octanol–water partition coefficient (Wildman–Crippen LogP) is 3.89. The van der Waals surface area contributed by atoms with Crippen LogP contribution in [0.4, 0.5) is 0 Å². The minimum absolute atomic E-state index is 0.0636. The molecule has 0 radical (unpaired) electrons. The number of amides is 1. The van der Waals surface area contributed by atoms with Gasteiger partial charge in [-0.1, -0.05) is 44.0 Å². The Bertz CT molecular complexity index is 816. The standard InChI is InChI=1S/C20H27NO4S2/c1-3-4-7-13-27(23,24)16-20(22)21(15-18-10-8-12-26-18)14-17-9-5-6-11-19(17)25-2/h5-6,8-12H,3-4,7,13-16H2,1-2H3. The van der Waals surface area contributed by atoms with Gasteiger partial charge in [0.25, 0.3) is 0 Å². The number of sulfone groups is 1. The van der Waals surface area contributed by atoms with E-state index < -0.39 is 15.6 Å². The monoisotopic (exact) mass is 409 g/mol. The molecule has 5 nitrogen and oxygen atoms in total. The molecule has 0 unspecified atom stereocenters. The third kappa shape index (κ3) is 6.99. The van der Waals surface area contributed by atoms with Gasteiger partial charge in [-0.3, -0.25) is 4.79 Å². The van der Waals surface area contributed by atoms with Crippen molar-refractivity contribution < 1.29 is 17.9 Å².